The normalized spacial score (nSPS) is 17.9. The minimum absolute atomic E-state index is 0.0635. The summed E-state index contributed by atoms with van der Waals surface area (Å²) in [6.07, 6.45) is 5.80. The van der Waals surface area contributed by atoms with Crippen LogP contribution in [0.4, 0.5) is 5.82 Å². The van der Waals surface area contributed by atoms with Gasteiger partial charge in [0, 0.05) is 19.3 Å². The fourth-order valence-electron chi connectivity index (χ4n) is 2.62. The molecule has 1 aliphatic rings. The van der Waals surface area contributed by atoms with Gasteiger partial charge in [0.25, 0.3) is 0 Å². The zero-order valence-electron chi connectivity index (χ0n) is 12.4. The number of halogens is 1. The van der Waals surface area contributed by atoms with E-state index in [9.17, 15) is 8.42 Å². The maximum atomic E-state index is 12.3. The number of hydrogen-bond donors (Lipinski definition) is 2. The van der Waals surface area contributed by atoms with Crippen molar-refractivity contribution in [3.05, 3.63) is 17.3 Å². The first kappa shape index (κ1) is 16.5. The number of aromatic nitrogens is 1. The summed E-state index contributed by atoms with van der Waals surface area (Å²) in [6, 6.07) is 1.44. The maximum Gasteiger partial charge on any atom is 0.242 e. The van der Waals surface area contributed by atoms with Crippen LogP contribution in [0.5, 0.6) is 0 Å². The lowest BCUT2D eigenvalue weighted by atomic mass is 9.89. The van der Waals surface area contributed by atoms with Crippen LogP contribution in [-0.4, -0.2) is 26.5 Å². The average Bonchev–Trinajstić information content (AvgIpc) is 2.87. The molecule has 0 amide bonds. The number of pyridine rings is 1. The van der Waals surface area contributed by atoms with E-state index in [0.29, 0.717) is 23.9 Å². The SMILES string of the molecule is CCNc1ncc(S(=O)(=O)NCC2(C)CCCC2)cc1Cl. The molecule has 1 aliphatic carbocycles. The van der Waals surface area contributed by atoms with E-state index in [-0.39, 0.29) is 10.3 Å². The molecule has 1 aromatic heterocycles. The minimum Gasteiger partial charge on any atom is -0.369 e. The van der Waals surface area contributed by atoms with Crippen LogP contribution in [0.1, 0.15) is 39.5 Å². The molecule has 0 atom stereocenters. The molecule has 0 radical (unpaired) electrons. The highest BCUT2D eigenvalue weighted by Gasteiger charge is 2.30. The summed E-state index contributed by atoms with van der Waals surface area (Å²) >= 11 is 6.05. The van der Waals surface area contributed by atoms with E-state index in [4.69, 9.17) is 11.6 Å². The summed E-state index contributed by atoms with van der Waals surface area (Å²) in [4.78, 5) is 4.18. The Morgan fingerprint density at radius 3 is 2.62 bits per heavy atom. The first-order chi connectivity index (χ1) is 9.86. The summed E-state index contributed by atoms with van der Waals surface area (Å²) in [5.41, 5.74) is 0.0635. The first-order valence-electron chi connectivity index (χ1n) is 7.25. The number of hydrogen-bond acceptors (Lipinski definition) is 4. The zero-order valence-corrected chi connectivity index (χ0v) is 14.0. The second-order valence-electron chi connectivity index (χ2n) is 5.87. The van der Waals surface area contributed by atoms with E-state index >= 15 is 0 Å². The monoisotopic (exact) mass is 331 g/mol. The van der Waals surface area contributed by atoms with Gasteiger partial charge in [0.2, 0.25) is 10.0 Å². The Hall–Kier alpha value is -0.850. The van der Waals surface area contributed by atoms with Crippen LogP contribution in [0.2, 0.25) is 5.02 Å². The standard InChI is InChI=1S/C14H22ClN3O2S/c1-3-16-13-12(15)8-11(9-17-13)21(19,20)18-10-14(2)6-4-5-7-14/h8-9,18H,3-7,10H2,1-2H3,(H,16,17). The van der Waals surface area contributed by atoms with E-state index in [0.717, 1.165) is 12.8 Å². The van der Waals surface area contributed by atoms with Crippen molar-refractivity contribution in [2.45, 2.75) is 44.4 Å². The maximum absolute atomic E-state index is 12.3. The predicted molar refractivity (Wildman–Crippen MR) is 85.2 cm³/mol. The molecule has 0 spiro atoms. The molecule has 1 fully saturated rings. The van der Waals surface area contributed by atoms with E-state index in [1.54, 1.807) is 0 Å². The van der Waals surface area contributed by atoms with Crippen LogP contribution in [0.25, 0.3) is 0 Å². The smallest absolute Gasteiger partial charge is 0.242 e. The van der Waals surface area contributed by atoms with Crippen molar-refractivity contribution in [2.24, 2.45) is 5.41 Å². The third kappa shape index (κ3) is 4.08. The number of nitrogens with one attached hydrogen (secondary N) is 2. The molecule has 0 unspecified atom stereocenters. The van der Waals surface area contributed by atoms with Crippen LogP contribution in [0, 0.1) is 5.41 Å². The highest BCUT2D eigenvalue weighted by atomic mass is 35.5. The van der Waals surface area contributed by atoms with Gasteiger partial charge in [-0.3, -0.25) is 0 Å². The fourth-order valence-corrected chi connectivity index (χ4v) is 4.09. The number of rotatable bonds is 6. The molecule has 1 aromatic rings. The summed E-state index contributed by atoms with van der Waals surface area (Å²) < 4.78 is 27.3. The highest BCUT2D eigenvalue weighted by molar-refractivity contribution is 7.89. The van der Waals surface area contributed by atoms with Gasteiger partial charge in [0.1, 0.15) is 10.7 Å². The lowest BCUT2D eigenvalue weighted by Crippen LogP contribution is -2.34. The molecule has 0 aromatic carbocycles. The van der Waals surface area contributed by atoms with Crippen molar-refractivity contribution < 1.29 is 8.42 Å². The Balaban J connectivity index is 2.10. The molecular weight excluding hydrogens is 310 g/mol. The molecule has 1 saturated carbocycles. The van der Waals surface area contributed by atoms with Gasteiger partial charge in [-0.1, -0.05) is 31.4 Å². The van der Waals surface area contributed by atoms with Gasteiger partial charge in [-0.25, -0.2) is 18.1 Å². The van der Waals surface area contributed by atoms with Gasteiger partial charge in [-0.2, -0.15) is 0 Å². The Labute approximate surface area is 131 Å². The third-order valence-corrected chi connectivity index (χ3v) is 5.63. The van der Waals surface area contributed by atoms with Crippen molar-refractivity contribution in [3.8, 4) is 0 Å². The zero-order chi connectivity index (χ0) is 15.5. The second kappa shape index (κ2) is 6.50. The van der Waals surface area contributed by atoms with Crippen molar-refractivity contribution >= 4 is 27.4 Å². The van der Waals surface area contributed by atoms with Crippen molar-refractivity contribution in [1.82, 2.24) is 9.71 Å². The van der Waals surface area contributed by atoms with Crippen LogP contribution in [0.15, 0.2) is 17.2 Å². The van der Waals surface area contributed by atoms with Gasteiger partial charge >= 0.3 is 0 Å². The number of nitrogens with zero attached hydrogens (tertiary/aromatic N) is 1. The summed E-state index contributed by atoms with van der Waals surface area (Å²) in [7, 11) is -3.56. The molecule has 1 heterocycles. The summed E-state index contributed by atoms with van der Waals surface area (Å²) in [5, 5.41) is 3.29. The topological polar surface area (TPSA) is 71.1 Å². The van der Waals surface area contributed by atoms with Crippen molar-refractivity contribution in [1.29, 1.82) is 0 Å². The minimum atomic E-state index is -3.56. The largest absolute Gasteiger partial charge is 0.369 e. The summed E-state index contributed by atoms with van der Waals surface area (Å²) in [5.74, 6) is 0.501. The van der Waals surface area contributed by atoms with Gasteiger partial charge in [0.05, 0.1) is 5.02 Å². The molecule has 21 heavy (non-hydrogen) atoms. The quantitative estimate of drug-likeness (QED) is 0.840. The molecule has 7 heteroatoms. The molecule has 2 N–H and O–H groups in total. The molecule has 0 saturated heterocycles. The number of anilines is 1. The van der Waals surface area contributed by atoms with Gasteiger partial charge in [0.15, 0.2) is 0 Å². The number of sulfonamides is 1. The Morgan fingerprint density at radius 1 is 1.38 bits per heavy atom. The lowest BCUT2D eigenvalue weighted by molar-refractivity contribution is 0.336. The Morgan fingerprint density at radius 2 is 2.05 bits per heavy atom. The van der Waals surface area contributed by atoms with Crippen LogP contribution in [-0.2, 0) is 10.0 Å². The van der Waals surface area contributed by atoms with Crippen LogP contribution >= 0.6 is 11.6 Å². The van der Waals surface area contributed by atoms with E-state index in [1.165, 1.54) is 25.1 Å². The van der Waals surface area contributed by atoms with Crippen molar-refractivity contribution in [3.63, 3.8) is 0 Å². The fraction of sp³-hybridized carbons (Fsp3) is 0.643. The first-order valence-corrected chi connectivity index (χ1v) is 9.11. The van der Waals surface area contributed by atoms with Crippen molar-refractivity contribution in [2.75, 3.05) is 18.4 Å². The molecule has 2 rings (SSSR count). The molecule has 0 aliphatic heterocycles. The van der Waals surface area contributed by atoms with Crippen LogP contribution < -0.4 is 10.0 Å². The Bertz CT molecular complexity index is 598. The van der Waals surface area contributed by atoms with E-state index in [2.05, 4.69) is 21.9 Å². The average molecular weight is 332 g/mol. The van der Waals surface area contributed by atoms with Gasteiger partial charge < -0.3 is 5.32 Å². The van der Waals surface area contributed by atoms with E-state index < -0.39 is 10.0 Å². The molecule has 118 valence electrons. The highest BCUT2D eigenvalue weighted by Crippen LogP contribution is 2.37. The second-order valence-corrected chi connectivity index (χ2v) is 8.05. The van der Waals surface area contributed by atoms with E-state index in [1.807, 2.05) is 6.92 Å². The predicted octanol–water partition coefficient (Wildman–Crippen LogP) is 3.03. The van der Waals surface area contributed by atoms with Crippen LogP contribution in [0.3, 0.4) is 0 Å². The molecular formula is C14H22ClN3O2S. The molecule has 0 bridgehead atoms. The molecule has 5 nitrogen and oxygen atoms in total. The van der Waals surface area contributed by atoms with Gasteiger partial charge in [-0.05, 0) is 31.2 Å². The van der Waals surface area contributed by atoms with Gasteiger partial charge in [-0.15, -0.1) is 0 Å². The Kier molecular flexibility index (Phi) is 5.11. The summed E-state index contributed by atoms with van der Waals surface area (Å²) in [6.45, 7) is 5.19. The lowest BCUT2D eigenvalue weighted by Gasteiger charge is -2.23. The third-order valence-electron chi connectivity index (χ3n) is 3.97.